The molecular weight excluding hydrogens is 501 g/mol. The number of hydrogen-bond donors (Lipinski definition) is 2. The van der Waals surface area contributed by atoms with E-state index in [1.807, 2.05) is 0 Å². The van der Waals surface area contributed by atoms with E-state index < -0.39 is 29.5 Å². The topological polar surface area (TPSA) is 106 Å². The van der Waals surface area contributed by atoms with Crippen molar-refractivity contribution in [1.29, 1.82) is 0 Å². The van der Waals surface area contributed by atoms with Gasteiger partial charge in [0.2, 0.25) is 11.6 Å². The number of nitrogens with one attached hydrogen (secondary N) is 1. The molecule has 2 N–H and O–H groups in total. The van der Waals surface area contributed by atoms with Crippen molar-refractivity contribution in [2.24, 2.45) is 0 Å². The van der Waals surface area contributed by atoms with Gasteiger partial charge in [-0.3, -0.25) is 0 Å². The standard InChI is InChI=1S/C27H25F3N4O4/c28-27(29,30)21-22(15-7-3-1-4-8-15)33-37-24(21)26-32-25(34-38-26)16-11-12-18-20(13-16)36-14-19(23(18)35)31-17-9-5-2-6-10-17/h1,3-4,7-8,11-13,17,19,23,31,35H,2,5-6,9-10,14H2/t19-,23-/m0/s1. The fraction of sp³-hybridized carbons (Fsp3) is 0.370. The summed E-state index contributed by atoms with van der Waals surface area (Å²) in [5.41, 5.74) is -0.121. The maximum atomic E-state index is 14.0. The molecule has 4 aromatic rings. The van der Waals surface area contributed by atoms with Crippen LogP contribution in [-0.2, 0) is 6.18 Å². The molecule has 2 aromatic carbocycles. The Morgan fingerprint density at radius 3 is 2.47 bits per heavy atom. The molecule has 2 aromatic heterocycles. The Morgan fingerprint density at radius 2 is 1.71 bits per heavy atom. The third kappa shape index (κ3) is 4.67. The van der Waals surface area contributed by atoms with Crippen LogP contribution in [-0.4, -0.2) is 39.1 Å². The van der Waals surface area contributed by atoms with Crippen LogP contribution < -0.4 is 10.1 Å². The van der Waals surface area contributed by atoms with Gasteiger partial charge in [0.1, 0.15) is 29.7 Å². The van der Waals surface area contributed by atoms with Crippen molar-refractivity contribution in [3.63, 3.8) is 0 Å². The first-order chi connectivity index (χ1) is 18.4. The summed E-state index contributed by atoms with van der Waals surface area (Å²) in [6.07, 6.45) is 0.253. The molecule has 1 aliphatic heterocycles. The van der Waals surface area contributed by atoms with Crippen LogP contribution in [0.15, 0.2) is 57.6 Å². The molecule has 0 amide bonds. The zero-order valence-electron chi connectivity index (χ0n) is 20.2. The van der Waals surface area contributed by atoms with Crippen LogP contribution in [0.4, 0.5) is 13.2 Å². The van der Waals surface area contributed by atoms with Gasteiger partial charge in [-0.2, -0.15) is 18.2 Å². The van der Waals surface area contributed by atoms with E-state index in [2.05, 4.69) is 20.6 Å². The summed E-state index contributed by atoms with van der Waals surface area (Å²) < 4.78 is 58.2. The number of alkyl halides is 3. The Hall–Kier alpha value is -3.70. The largest absolute Gasteiger partial charge is 0.491 e. The van der Waals surface area contributed by atoms with Crippen molar-refractivity contribution in [3.8, 4) is 40.0 Å². The van der Waals surface area contributed by atoms with Crippen LogP contribution in [0.25, 0.3) is 34.3 Å². The molecule has 11 heteroatoms. The summed E-state index contributed by atoms with van der Waals surface area (Å²) in [5.74, 6) is -0.590. The van der Waals surface area contributed by atoms with Crippen LogP contribution in [0.3, 0.4) is 0 Å². The van der Waals surface area contributed by atoms with Gasteiger partial charge in [0.25, 0.3) is 5.89 Å². The molecule has 2 atom stereocenters. The van der Waals surface area contributed by atoms with Gasteiger partial charge in [0, 0.05) is 22.7 Å². The van der Waals surface area contributed by atoms with Crippen LogP contribution in [0.5, 0.6) is 5.75 Å². The molecule has 0 unspecified atom stereocenters. The van der Waals surface area contributed by atoms with Crippen LogP contribution in [0.1, 0.15) is 49.3 Å². The molecule has 1 saturated carbocycles. The summed E-state index contributed by atoms with van der Waals surface area (Å²) in [6, 6.07) is 13.1. The van der Waals surface area contributed by atoms with Crippen molar-refractivity contribution >= 4 is 0 Å². The van der Waals surface area contributed by atoms with Crippen molar-refractivity contribution in [2.75, 3.05) is 6.61 Å². The minimum Gasteiger partial charge on any atom is -0.491 e. The summed E-state index contributed by atoms with van der Waals surface area (Å²) in [4.78, 5) is 4.15. The highest BCUT2D eigenvalue weighted by atomic mass is 19.4. The first kappa shape index (κ1) is 24.6. The summed E-state index contributed by atoms with van der Waals surface area (Å²) >= 11 is 0. The third-order valence-electron chi connectivity index (χ3n) is 7.09. The summed E-state index contributed by atoms with van der Waals surface area (Å²) in [7, 11) is 0. The van der Waals surface area contributed by atoms with E-state index in [0.717, 1.165) is 12.8 Å². The minimum absolute atomic E-state index is 0.0501. The highest BCUT2D eigenvalue weighted by Gasteiger charge is 2.43. The van der Waals surface area contributed by atoms with Gasteiger partial charge in [-0.25, -0.2) is 0 Å². The van der Waals surface area contributed by atoms with Crippen molar-refractivity contribution < 1.29 is 32.1 Å². The second-order valence-corrected chi connectivity index (χ2v) is 9.64. The number of aromatic nitrogens is 3. The van der Waals surface area contributed by atoms with Gasteiger partial charge < -0.3 is 24.2 Å². The highest BCUT2D eigenvalue weighted by molar-refractivity contribution is 5.71. The molecule has 38 heavy (non-hydrogen) atoms. The van der Waals surface area contributed by atoms with E-state index in [1.54, 1.807) is 36.4 Å². The lowest BCUT2D eigenvalue weighted by atomic mass is 9.92. The van der Waals surface area contributed by atoms with Gasteiger partial charge in [0.15, 0.2) is 0 Å². The van der Waals surface area contributed by atoms with Crippen LogP contribution >= 0.6 is 0 Å². The first-order valence-electron chi connectivity index (χ1n) is 12.6. The molecule has 6 rings (SSSR count). The normalized spacial score (nSPS) is 20.2. The number of fused-ring (bicyclic) bond motifs is 1. The quantitative estimate of drug-likeness (QED) is 0.336. The average Bonchev–Trinajstić information content (AvgIpc) is 3.59. The first-order valence-corrected chi connectivity index (χ1v) is 12.6. The summed E-state index contributed by atoms with van der Waals surface area (Å²) in [5, 5.41) is 22.0. The smallest absolute Gasteiger partial charge is 0.422 e. The monoisotopic (exact) mass is 526 g/mol. The fourth-order valence-electron chi connectivity index (χ4n) is 5.17. The van der Waals surface area contributed by atoms with Crippen LogP contribution in [0, 0.1) is 0 Å². The molecule has 1 aliphatic carbocycles. The minimum atomic E-state index is -4.77. The van der Waals surface area contributed by atoms with E-state index in [1.165, 1.54) is 31.4 Å². The molecule has 0 radical (unpaired) electrons. The Kier molecular flexibility index (Phi) is 6.40. The average molecular weight is 527 g/mol. The molecule has 198 valence electrons. The molecule has 0 spiro atoms. The Morgan fingerprint density at radius 1 is 0.921 bits per heavy atom. The second-order valence-electron chi connectivity index (χ2n) is 9.64. The van der Waals surface area contributed by atoms with Gasteiger partial charge in [0.05, 0.1) is 6.04 Å². The lowest BCUT2D eigenvalue weighted by Crippen LogP contribution is -2.48. The predicted molar refractivity (Wildman–Crippen MR) is 130 cm³/mol. The Balaban J connectivity index is 1.26. The third-order valence-corrected chi connectivity index (χ3v) is 7.09. The molecule has 1 fully saturated rings. The number of ether oxygens (including phenoxy) is 1. The van der Waals surface area contributed by atoms with E-state index >= 15 is 0 Å². The van der Waals surface area contributed by atoms with Gasteiger partial charge in [-0.15, -0.1) is 0 Å². The molecular formula is C27H25F3N4O4. The van der Waals surface area contributed by atoms with Crippen molar-refractivity contribution in [1.82, 2.24) is 20.6 Å². The lowest BCUT2D eigenvalue weighted by molar-refractivity contribution is -0.136. The zero-order chi connectivity index (χ0) is 26.3. The van der Waals surface area contributed by atoms with Gasteiger partial charge in [-0.1, -0.05) is 72.0 Å². The second kappa shape index (κ2) is 9.88. The number of rotatable bonds is 5. The van der Waals surface area contributed by atoms with E-state index in [4.69, 9.17) is 13.8 Å². The van der Waals surface area contributed by atoms with Crippen molar-refractivity contribution in [2.45, 2.75) is 56.5 Å². The number of benzene rings is 2. The maximum absolute atomic E-state index is 14.0. The zero-order valence-corrected chi connectivity index (χ0v) is 20.2. The Bertz CT molecular complexity index is 1410. The maximum Gasteiger partial charge on any atom is 0.422 e. The molecule has 8 nitrogen and oxygen atoms in total. The molecule has 0 saturated heterocycles. The van der Waals surface area contributed by atoms with E-state index in [-0.39, 0.29) is 23.1 Å². The number of halogens is 3. The van der Waals surface area contributed by atoms with E-state index in [9.17, 15) is 18.3 Å². The highest BCUT2D eigenvalue weighted by Crippen LogP contribution is 2.43. The number of aliphatic hydroxyl groups is 1. The van der Waals surface area contributed by atoms with Crippen molar-refractivity contribution in [3.05, 3.63) is 59.7 Å². The number of nitrogens with zero attached hydrogens (tertiary/aromatic N) is 3. The van der Waals surface area contributed by atoms with Gasteiger partial charge in [-0.05, 0) is 18.9 Å². The van der Waals surface area contributed by atoms with Gasteiger partial charge >= 0.3 is 6.18 Å². The summed E-state index contributed by atoms with van der Waals surface area (Å²) in [6.45, 7) is 0.293. The predicted octanol–water partition coefficient (Wildman–Crippen LogP) is 5.79. The van der Waals surface area contributed by atoms with Crippen LogP contribution in [0.2, 0.25) is 0 Å². The Labute approximate surface area is 215 Å². The molecule has 2 aliphatic rings. The van der Waals surface area contributed by atoms with E-state index in [0.29, 0.717) is 29.5 Å². The lowest BCUT2D eigenvalue weighted by Gasteiger charge is -2.35. The molecule has 3 heterocycles. The number of hydrogen-bond acceptors (Lipinski definition) is 8. The number of aliphatic hydroxyl groups excluding tert-OH is 1. The molecule has 0 bridgehead atoms. The fourth-order valence-corrected chi connectivity index (χ4v) is 5.17. The SMILES string of the molecule is O[C@H]1c2ccc(-c3noc(-c4onc(-c5ccccc5)c4C(F)(F)F)n3)cc2OC[C@@H]1NC1CCCCC1.